The minimum absolute atomic E-state index is 0.282. The van der Waals surface area contributed by atoms with Crippen molar-refractivity contribution in [2.24, 2.45) is 10.8 Å². The number of nitrogens with zero attached hydrogens (tertiary/aromatic N) is 2. The molecule has 2 amide bonds. The number of rotatable bonds is 6. The maximum atomic E-state index is 12.5. The van der Waals surface area contributed by atoms with Gasteiger partial charge in [-0.2, -0.15) is 0 Å². The quantitative estimate of drug-likeness (QED) is 0.204. The minimum Gasteiger partial charge on any atom is -0.462 e. The van der Waals surface area contributed by atoms with E-state index in [9.17, 15) is 44.1 Å². The summed E-state index contributed by atoms with van der Waals surface area (Å²) in [5, 5.41) is 40.2. The van der Waals surface area contributed by atoms with Crippen molar-refractivity contribution in [1.82, 2.24) is 9.80 Å². The third-order valence-corrected chi connectivity index (χ3v) is 8.06. The molecule has 4 rings (SSSR count). The number of aliphatic hydroxyl groups excluding tert-OH is 2. The average molecular weight is 683 g/mol. The Bertz CT molecular complexity index is 1350. The van der Waals surface area contributed by atoms with Crippen LogP contribution >= 0.6 is 0 Å². The molecule has 0 aromatic rings. The zero-order valence-corrected chi connectivity index (χ0v) is 28.4. The number of ketones is 2. The maximum absolute atomic E-state index is 12.5. The summed E-state index contributed by atoms with van der Waals surface area (Å²) < 4.78 is 22.0. The first-order chi connectivity index (χ1) is 21.9. The number of amides is 2. The Morgan fingerprint density at radius 1 is 0.812 bits per heavy atom. The van der Waals surface area contributed by atoms with Gasteiger partial charge in [-0.15, -0.1) is 0 Å². The predicted octanol–water partition coefficient (Wildman–Crippen LogP) is -0.545. The van der Waals surface area contributed by atoms with E-state index in [4.69, 9.17) is 24.1 Å². The van der Waals surface area contributed by atoms with E-state index in [1.807, 2.05) is 0 Å². The van der Waals surface area contributed by atoms with Crippen LogP contribution in [0.1, 0.15) is 68.2 Å². The fourth-order valence-corrected chi connectivity index (χ4v) is 5.13. The predicted molar refractivity (Wildman–Crippen MR) is 163 cm³/mol. The molecule has 8 atom stereocenters. The second kappa shape index (κ2) is 14.1. The molecule has 268 valence electrons. The Kier molecular flexibility index (Phi) is 11.5. The van der Waals surface area contributed by atoms with Crippen molar-refractivity contribution in [3.8, 4) is 0 Å². The number of allylic oxidation sites excluding steroid dienone is 2. The van der Waals surface area contributed by atoms with Crippen molar-refractivity contribution in [3.63, 3.8) is 0 Å². The topological polar surface area (TPSA) is 227 Å². The Balaban J connectivity index is 0.000000294. The van der Waals surface area contributed by atoms with Gasteiger partial charge in [-0.1, -0.05) is 0 Å². The molecular weight excluding hydrogens is 636 g/mol. The molecule has 0 unspecified atom stereocenters. The van der Waals surface area contributed by atoms with Gasteiger partial charge in [0.15, 0.2) is 30.1 Å². The van der Waals surface area contributed by atoms with Gasteiger partial charge in [0.25, 0.3) is 0 Å². The van der Waals surface area contributed by atoms with Crippen molar-refractivity contribution in [3.05, 3.63) is 24.6 Å². The second-order valence-electron chi connectivity index (χ2n) is 14.6. The normalized spacial score (nSPS) is 33.9. The average Bonchev–Trinajstić information content (AvgIpc) is 3.34. The molecule has 4 N–H and O–H groups in total. The highest BCUT2D eigenvalue weighted by atomic mass is 16.6. The molecule has 0 saturated carbocycles. The number of ether oxygens (including phenoxy) is 4. The zero-order valence-electron chi connectivity index (χ0n) is 28.4. The molecule has 0 aromatic carbocycles. The molecule has 0 aliphatic carbocycles. The van der Waals surface area contributed by atoms with Gasteiger partial charge in [0.1, 0.15) is 36.1 Å². The van der Waals surface area contributed by atoms with Crippen LogP contribution in [0.25, 0.3) is 0 Å². The number of esters is 2. The molecule has 4 heterocycles. The highest BCUT2D eigenvalue weighted by Gasteiger charge is 2.59. The van der Waals surface area contributed by atoms with Crippen molar-refractivity contribution in [2.75, 3.05) is 13.2 Å². The lowest BCUT2D eigenvalue weighted by molar-refractivity contribution is -0.175. The van der Waals surface area contributed by atoms with Crippen LogP contribution < -0.4 is 0 Å². The van der Waals surface area contributed by atoms with Crippen molar-refractivity contribution >= 4 is 35.3 Å². The number of hydrogen-bond acceptors (Lipinski definition) is 14. The summed E-state index contributed by atoms with van der Waals surface area (Å²) in [4.78, 5) is 73.4. The lowest BCUT2D eigenvalue weighted by Gasteiger charge is -2.36. The Morgan fingerprint density at radius 3 is 1.65 bits per heavy atom. The molecule has 16 heteroatoms. The monoisotopic (exact) mass is 682 g/mol. The van der Waals surface area contributed by atoms with Crippen LogP contribution in [-0.2, 0) is 47.7 Å². The Hall–Kier alpha value is -3.54. The minimum atomic E-state index is -1.82. The summed E-state index contributed by atoms with van der Waals surface area (Å²) in [5.74, 6) is -2.83. The first-order valence-electron chi connectivity index (χ1n) is 15.4. The van der Waals surface area contributed by atoms with Crippen LogP contribution in [0.3, 0.4) is 0 Å². The van der Waals surface area contributed by atoms with E-state index < -0.39 is 89.3 Å². The molecule has 0 aromatic heterocycles. The Morgan fingerprint density at radius 2 is 1.25 bits per heavy atom. The molecule has 4 aliphatic heterocycles. The van der Waals surface area contributed by atoms with Crippen LogP contribution in [0.2, 0.25) is 0 Å². The molecule has 16 nitrogen and oxygen atoms in total. The van der Waals surface area contributed by atoms with E-state index in [2.05, 4.69) is 0 Å². The molecule has 2 saturated heterocycles. The van der Waals surface area contributed by atoms with E-state index in [1.165, 1.54) is 38.4 Å². The highest BCUT2D eigenvalue weighted by Crippen LogP contribution is 2.38. The standard InChI is InChI=1S/C21H31NO8.C11H15NO6/c1-19(2,3)17(25)28-11-13-15(30-18(26)20(4,5)6)21(7,27)16(29-13)22-9-8-12(23)10-14(22)24;1-11(17)9(16)7(5-13)18-10(11)12-3-2-6(14)4-8(12)15/h8-9,13,15-16,27H,10-11H2,1-7H3;2-3,7,9-10,13,16-17H,4-5H2,1H3/t13-,15-,16-,21+;7-,9-,10-,11+/m11/s1. The van der Waals surface area contributed by atoms with Crippen molar-refractivity contribution < 1.29 is 68.1 Å². The second-order valence-corrected chi connectivity index (χ2v) is 14.6. The molecule has 4 aliphatic rings. The van der Waals surface area contributed by atoms with Gasteiger partial charge in [-0.25, -0.2) is 0 Å². The van der Waals surface area contributed by atoms with E-state index in [0.717, 1.165) is 9.80 Å². The van der Waals surface area contributed by atoms with Crippen LogP contribution in [0.4, 0.5) is 0 Å². The zero-order chi connectivity index (χ0) is 36.6. The third kappa shape index (κ3) is 8.36. The summed E-state index contributed by atoms with van der Waals surface area (Å²) in [6.07, 6.45) is -2.64. The number of aliphatic hydroxyl groups is 4. The number of carbonyl (C=O) groups is 6. The first-order valence-corrected chi connectivity index (χ1v) is 15.4. The molecule has 0 bridgehead atoms. The number of carbonyl (C=O) groups excluding carboxylic acids is 6. The smallest absolute Gasteiger partial charge is 0.311 e. The lowest BCUT2D eigenvalue weighted by Crippen LogP contribution is -2.55. The fourth-order valence-electron chi connectivity index (χ4n) is 5.13. The summed E-state index contributed by atoms with van der Waals surface area (Å²) >= 11 is 0. The van der Waals surface area contributed by atoms with Crippen LogP contribution in [-0.4, -0.2) is 127 Å². The van der Waals surface area contributed by atoms with Crippen LogP contribution in [0, 0.1) is 10.8 Å². The third-order valence-electron chi connectivity index (χ3n) is 8.06. The van der Waals surface area contributed by atoms with Crippen molar-refractivity contribution in [1.29, 1.82) is 0 Å². The van der Waals surface area contributed by atoms with Gasteiger partial charge in [0.2, 0.25) is 11.8 Å². The molecule has 0 spiro atoms. The first kappa shape index (κ1) is 38.9. The van der Waals surface area contributed by atoms with Gasteiger partial charge < -0.3 is 39.4 Å². The highest BCUT2D eigenvalue weighted by molar-refractivity contribution is 6.07. The van der Waals surface area contributed by atoms with E-state index in [-0.39, 0.29) is 31.0 Å². The summed E-state index contributed by atoms with van der Waals surface area (Å²) in [6, 6.07) is 0. The molecule has 2 fully saturated rings. The molecular formula is C32H46N2O14. The van der Waals surface area contributed by atoms with E-state index in [1.54, 1.807) is 41.5 Å². The van der Waals surface area contributed by atoms with Gasteiger partial charge in [0.05, 0.1) is 30.3 Å². The van der Waals surface area contributed by atoms with Crippen molar-refractivity contribution in [2.45, 2.75) is 116 Å². The van der Waals surface area contributed by atoms with Gasteiger partial charge >= 0.3 is 11.9 Å². The summed E-state index contributed by atoms with van der Waals surface area (Å²) in [5.41, 5.74) is -5.15. The summed E-state index contributed by atoms with van der Waals surface area (Å²) in [6.45, 7) is 12.0. The fraction of sp³-hybridized carbons (Fsp3) is 0.688. The summed E-state index contributed by atoms with van der Waals surface area (Å²) in [7, 11) is 0. The van der Waals surface area contributed by atoms with Gasteiger partial charge in [-0.05, 0) is 67.5 Å². The largest absolute Gasteiger partial charge is 0.462 e. The van der Waals surface area contributed by atoms with Crippen LogP contribution in [0.15, 0.2) is 24.6 Å². The van der Waals surface area contributed by atoms with Gasteiger partial charge in [0, 0.05) is 12.4 Å². The maximum Gasteiger partial charge on any atom is 0.311 e. The SMILES string of the molecule is CC(C)(C)C(=O)OC[C@H]1O[C@@H](N2C=CC(=O)CC2=O)[C@@](C)(O)[C@@H]1OC(=O)C(C)(C)C.C[C@]1(O)[C@H](O)[C@@H](CO)O[C@H]1N1C=CC(=O)CC1=O. The number of hydrogen-bond donors (Lipinski definition) is 4. The Labute approximate surface area is 278 Å². The van der Waals surface area contributed by atoms with Crippen LogP contribution in [0.5, 0.6) is 0 Å². The van der Waals surface area contributed by atoms with E-state index >= 15 is 0 Å². The molecule has 48 heavy (non-hydrogen) atoms. The lowest BCUT2D eigenvalue weighted by atomic mass is 9.93. The van der Waals surface area contributed by atoms with E-state index in [0.29, 0.717) is 0 Å². The molecule has 0 radical (unpaired) electrons. The van der Waals surface area contributed by atoms with Gasteiger partial charge in [-0.3, -0.25) is 38.6 Å².